The monoisotopic (exact) mass is 437 g/mol. The molecule has 2 amide bonds. The van der Waals surface area contributed by atoms with E-state index in [2.05, 4.69) is 10.2 Å². The number of nitrogens with zero attached hydrogens (tertiary/aromatic N) is 2. The van der Waals surface area contributed by atoms with Crippen LogP contribution in [0.5, 0.6) is 5.75 Å². The van der Waals surface area contributed by atoms with E-state index in [4.69, 9.17) is 0 Å². The molecule has 0 bridgehead atoms. The molecule has 4 rings (SSSR count). The number of rotatable bonds is 4. The average molecular weight is 437 g/mol. The number of hydrogen-bond donors (Lipinski definition) is 2. The quantitative estimate of drug-likeness (QED) is 0.650. The summed E-state index contributed by atoms with van der Waals surface area (Å²) < 4.78 is 26.7. The topological polar surface area (TPSA) is 72.9 Å². The molecule has 1 aliphatic rings. The number of para-hydroxylation sites is 1. The van der Waals surface area contributed by atoms with Gasteiger partial charge in [-0.15, -0.1) is 0 Å². The van der Waals surface area contributed by atoms with Crippen LogP contribution in [-0.2, 0) is 0 Å². The van der Waals surface area contributed by atoms with Crippen LogP contribution in [0, 0.1) is 11.6 Å². The second kappa shape index (κ2) is 9.05. The number of aromatic hydroxyl groups is 1. The third kappa shape index (κ3) is 4.69. The molecule has 0 aromatic heterocycles. The van der Waals surface area contributed by atoms with Gasteiger partial charge in [0, 0.05) is 55.2 Å². The molecule has 1 fully saturated rings. The number of benzene rings is 3. The van der Waals surface area contributed by atoms with E-state index in [1.165, 1.54) is 18.2 Å². The summed E-state index contributed by atoms with van der Waals surface area (Å²) in [5.74, 6) is -3.07. The highest BCUT2D eigenvalue weighted by Crippen LogP contribution is 2.25. The minimum atomic E-state index is -0.869. The van der Waals surface area contributed by atoms with Crippen molar-refractivity contribution in [1.29, 1.82) is 0 Å². The molecule has 0 unspecified atom stereocenters. The van der Waals surface area contributed by atoms with Crippen molar-refractivity contribution >= 4 is 23.2 Å². The van der Waals surface area contributed by atoms with Crippen molar-refractivity contribution in [2.24, 2.45) is 0 Å². The fraction of sp³-hybridized carbons (Fsp3) is 0.167. The van der Waals surface area contributed by atoms with E-state index in [0.29, 0.717) is 32.2 Å². The molecule has 1 saturated heterocycles. The normalized spacial score (nSPS) is 13.7. The fourth-order valence-electron chi connectivity index (χ4n) is 3.66. The van der Waals surface area contributed by atoms with Crippen LogP contribution in [0.4, 0.5) is 20.2 Å². The van der Waals surface area contributed by atoms with E-state index in [1.54, 1.807) is 4.90 Å². The lowest BCUT2D eigenvalue weighted by molar-refractivity contribution is 0.0743. The number of nitrogens with one attached hydrogen (secondary N) is 1. The Kier molecular flexibility index (Phi) is 6.02. The number of phenolic OH excluding ortho intramolecular Hbond substituents is 1. The maximum Gasteiger partial charge on any atom is 0.257 e. The zero-order chi connectivity index (χ0) is 22.7. The Morgan fingerprint density at radius 3 is 2.12 bits per heavy atom. The molecule has 164 valence electrons. The summed E-state index contributed by atoms with van der Waals surface area (Å²) in [4.78, 5) is 29.0. The summed E-state index contributed by atoms with van der Waals surface area (Å²) in [7, 11) is 0. The molecule has 1 aliphatic heterocycles. The van der Waals surface area contributed by atoms with Gasteiger partial charge in [0.05, 0.1) is 5.56 Å². The third-order valence-corrected chi connectivity index (χ3v) is 5.30. The van der Waals surface area contributed by atoms with Crippen molar-refractivity contribution in [2.45, 2.75) is 0 Å². The van der Waals surface area contributed by atoms with Gasteiger partial charge in [-0.05, 0) is 36.4 Å². The first-order valence-corrected chi connectivity index (χ1v) is 10.1. The van der Waals surface area contributed by atoms with Crippen molar-refractivity contribution < 1.29 is 23.5 Å². The molecule has 0 aliphatic carbocycles. The second-order valence-electron chi connectivity index (χ2n) is 7.46. The molecule has 0 saturated carbocycles. The fourth-order valence-corrected chi connectivity index (χ4v) is 3.66. The van der Waals surface area contributed by atoms with Gasteiger partial charge in [-0.3, -0.25) is 9.59 Å². The standard InChI is InChI=1S/C24H21F2N3O3/c25-17-12-16(13-18(26)14-17)23(31)27-19-6-7-21(22(30)15-19)24(32)29-10-8-28(9-11-29)20-4-2-1-3-5-20/h1-7,12-15,30H,8-11H2,(H,27,31). The number of piperazine rings is 1. The molecule has 32 heavy (non-hydrogen) atoms. The number of carbonyl (C=O) groups is 2. The highest BCUT2D eigenvalue weighted by Gasteiger charge is 2.24. The molecule has 8 heteroatoms. The Balaban J connectivity index is 1.41. The molecule has 2 N–H and O–H groups in total. The zero-order valence-corrected chi connectivity index (χ0v) is 17.1. The third-order valence-electron chi connectivity index (χ3n) is 5.30. The minimum Gasteiger partial charge on any atom is -0.507 e. The van der Waals surface area contributed by atoms with Gasteiger partial charge in [0.2, 0.25) is 0 Å². The van der Waals surface area contributed by atoms with E-state index in [1.807, 2.05) is 30.3 Å². The Morgan fingerprint density at radius 2 is 1.50 bits per heavy atom. The second-order valence-corrected chi connectivity index (χ2v) is 7.46. The van der Waals surface area contributed by atoms with Gasteiger partial charge in [-0.1, -0.05) is 18.2 Å². The first-order valence-electron chi connectivity index (χ1n) is 10.1. The Bertz CT molecular complexity index is 1130. The van der Waals surface area contributed by atoms with Crippen LogP contribution in [0.1, 0.15) is 20.7 Å². The SMILES string of the molecule is O=C(Nc1ccc(C(=O)N2CCN(c3ccccc3)CC2)c(O)c1)c1cc(F)cc(F)c1. The predicted molar refractivity (Wildman–Crippen MR) is 117 cm³/mol. The molecule has 3 aromatic carbocycles. The number of phenols is 1. The number of anilines is 2. The summed E-state index contributed by atoms with van der Waals surface area (Å²) in [5, 5.41) is 12.8. The highest BCUT2D eigenvalue weighted by molar-refractivity contribution is 6.05. The zero-order valence-electron chi connectivity index (χ0n) is 17.1. The maximum absolute atomic E-state index is 13.3. The molecule has 3 aromatic rings. The number of amides is 2. The number of halogens is 2. The van der Waals surface area contributed by atoms with E-state index >= 15 is 0 Å². The van der Waals surface area contributed by atoms with Gasteiger partial charge in [0.25, 0.3) is 11.8 Å². The van der Waals surface area contributed by atoms with Gasteiger partial charge < -0.3 is 20.2 Å². The van der Waals surface area contributed by atoms with Crippen LogP contribution in [0.2, 0.25) is 0 Å². The molecular formula is C24H21F2N3O3. The van der Waals surface area contributed by atoms with E-state index in [9.17, 15) is 23.5 Å². The minimum absolute atomic E-state index is 0.118. The number of hydrogen-bond acceptors (Lipinski definition) is 4. The highest BCUT2D eigenvalue weighted by atomic mass is 19.1. The predicted octanol–water partition coefficient (Wildman–Crippen LogP) is 3.89. The first-order chi connectivity index (χ1) is 15.4. The van der Waals surface area contributed by atoms with E-state index < -0.39 is 17.5 Å². The van der Waals surface area contributed by atoms with Crippen molar-refractivity contribution in [1.82, 2.24) is 4.90 Å². The molecule has 0 radical (unpaired) electrons. The molecular weight excluding hydrogens is 416 g/mol. The van der Waals surface area contributed by atoms with E-state index in [0.717, 1.165) is 17.8 Å². The number of carbonyl (C=O) groups excluding carboxylic acids is 2. The van der Waals surface area contributed by atoms with Crippen molar-refractivity contribution in [3.63, 3.8) is 0 Å². The van der Waals surface area contributed by atoms with Crippen LogP contribution < -0.4 is 10.2 Å². The largest absolute Gasteiger partial charge is 0.507 e. The van der Waals surface area contributed by atoms with Gasteiger partial charge >= 0.3 is 0 Å². The van der Waals surface area contributed by atoms with Gasteiger partial charge in [-0.2, -0.15) is 0 Å². The lowest BCUT2D eigenvalue weighted by atomic mass is 10.1. The van der Waals surface area contributed by atoms with Crippen molar-refractivity contribution in [2.75, 3.05) is 36.4 Å². The maximum atomic E-state index is 13.3. The van der Waals surface area contributed by atoms with Crippen molar-refractivity contribution in [3.05, 3.63) is 89.5 Å². The van der Waals surface area contributed by atoms with Crippen LogP contribution >= 0.6 is 0 Å². The summed E-state index contributed by atoms with van der Waals surface area (Å²) >= 11 is 0. The van der Waals surface area contributed by atoms with Gasteiger partial charge in [0.15, 0.2) is 0 Å². The van der Waals surface area contributed by atoms with Crippen LogP contribution in [0.25, 0.3) is 0 Å². The smallest absolute Gasteiger partial charge is 0.257 e. The van der Waals surface area contributed by atoms with E-state index in [-0.39, 0.29) is 28.5 Å². The Labute approximate surface area is 183 Å². The van der Waals surface area contributed by atoms with Crippen LogP contribution in [0.3, 0.4) is 0 Å². The molecule has 0 spiro atoms. The van der Waals surface area contributed by atoms with Crippen molar-refractivity contribution in [3.8, 4) is 5.75 Å². The Hall–Kier alpha value is -3.94. The molecule has 0 atom stereocenters. The van der Waals surface area contributed by atoms with Crippen LogP contribution in [-0.4, -0.2) is 48.0 Å². The summed E-state index contributed by atoms with van der Waals surface area (Å²) in [6, 6.07) is 16.5. The summed E-state index contributed by atoms with van der Waals surface area (Å²) in [5.41, 5.74) is 1.22. The molecule has 6 nitrogen and oxygen atoms in total. The summed E-state index contributed by atoms with van der Waals surface area (Å²) in [6.07, 6.45) is 0. The summed E-state index contributed by atoms with van der Waals surface area (Å²) in [6.45, 7) is 2.37. The van der Waals surface area contributed by atoms with Gasteiger partial charge in [0.1, 0.15) is 17.4 Å². The van der Waals surface area contributed by atoms with Gasteiger partial charge in [-0.25, -0.2) is 8.78 Å². The average Bonchev–Trinajstić information content (AvgIpc) is 2.79. The lowest BCUT2D eigenvalue weighted by Gasteiger charge is -2.36. The first kappa shape index (κ1) is 21.3. The Morgan fingerprint density at radius 1 is 0.844 bits per heavy atom. The van der Waals surface area contributed by atoms with Crippen LogP contribution in [0.15, 0.2) is 66.7 Å². The molecule has 1 heterocycles. The lowest BCUT2D eigenvalue weighted by Crippen LogP contribution is -2.48.